The lowest BCUT2D eigenvalue weighted by atomic mass is 9.95. The average Bonchev–Trinajstić information content (AvgIpc) is 3.13. The first-order valence-corrected chi connectivity index (χ1v) is 11.2. The SMILES string of the molecule is COc1cc(OC)c(/C(O)=C2\C(=O)C(=O)N(CCc3ccc(F)cc3)C2c2ccccc2)cc1Cl. The first-order chi connectivity index (χ1) is 16.8. The van der Waals surface area contributed by atoms with E-state index in [0.29, 0.717) is 17.7 Å². The van der Waals surface area contributed by atoms with Crippen molar-refractivity contribution in [2.75, 3.05) is 20.8 Å². The Hall–Kier alpha value is -3.84. The molecule has 35 heavy (non-hydrogen) atoms. The molecule has 1 N–H and O–H groups in total. The van der Waals surface area contributed by atoms with Gasteiger partial charge in [0.15, 0.2) is 0 Å². The molecule has 0 aromatic heterocycles. The monoisotopic (exact) mass is 495 g/mol. The average molecular weight is 496 g/mol. The molecule has 3 aromatic carbocycles. The van der Waals surface area contributed by atoms with Crippen LogP contribution in [0.2, 0.25) is 5.02 Å². The molecule has 1 fully saturated rings. The first-order valence-electron chi connectivity index (χ1n) is 10.9. The number of ketones is 1. The number of rotatable bonds is 7. The number of halogens is 2. The van der Waals surface area contributed by atoms with Crippen LogP contribution in [0.1, 0.15) is 22.7 Å². The van der Waals surface area contributed by atoms with Crippen molar-refractivity contribution < 1.29 is 28.6 Å². The first kappa shape index (κ1) is 24.3. The Balaban J connectivity index is 1.81. The quantitative estimate of drug-likeness (QED) is 0.278. The van der Waals surface area contributed by atoms with Crippen molar-refractivity contribution in [3.8, 4) is 11.5 Å². The van der Waals surface area contributed by atoms with E-state index in [1.54, 1.807) is 36.4 Å². The third-order valence-corrected chi connectivity index (χ3v) is 6.23. The molecule has 1 unspecified atom stereocenters. The number of carbonyl (C=O) groups is 2. The van der Waals surface area contributed by atoms with Crippen molar-refractivity contribution in [1.29, 1.82) is 0 Å². The standard InChI is InChI=1S/C27H23ClFNO5/c1-34-21-15-22(35-2)20(28)14-19(21)25(31)23-24(17-6-4-3-5-7-17)30(27(33)26(23)32)13-12-16-8-10-18(29)11-9-16/h3-11,14-15,24,31H,12-13H2,1-2H3/b25-23+. The number of benzene rings is 3. The Morgan fingerprint density at radius 1 is 1.00 bits per heavy atom. The molecule has 4 rings (SSSR count). The summed E-state index contributed by atoms with van der Waals surface area (Å²) in [5, 5.41) is 11.5. The van der Waals surface area contributed by atoms with Gasteiger partial charge in [-0.3, -0.25) is 9.59 Å². The highest BCUT2D eigenvalue weighted by molar-refractivity contribution is 6.46. The Kier molecular flexibility index (Phi) is 7.07. The number of aliphatic hydroxyl groups is 1. The van der Waals surface area contributed by atoms with Crippen molar-refractivity contribution >= 4 is 29.1 Å². The van der Waals surface area contributed by atoms with Gasteiger partial charge in [-0.25, -0.2) is 4.39 Å². The predicted octanol–water partition coefficient (Wildman–Crippen LogP) is 5.16. The maximum absolute atomic E-state index is 13.3. The van der Waals surface area contributed by atoms with Gasteiger partial charge in [-0.1, -0.05) is 54.1 Å². The zero-order chi connectivity index (χ0) is 25.1. The summed E-state index contributed by atoms with van der Waals surface area (Å²) >= 11 is 6.28. The van der Waals surface area contributed by atoms with Crippen molar-refractivity contribution in [3.63, 3.8) is 0 Å². The number of methoxy groups -OCH3 is 2. The molecule has 6 nitrogen and oxygen atoms in total. The van der Waals surface area contributed by atoms with Crippen molar-refractivity contribution in [2.24, 2.45) is 0 Å². The molecule has 0 radical (unpaired) electrons. The molecular weight excluding hydrogens is 473 g/mol. The molecule has 0 aliphatic carbocycles. The number of carbonyl (C=O) groups excluding carboxylic acids is 2. The van der Waals surface area contributed by atoms with Crippen molar-refractivity contribution in [3.05, 3.63) is 99.8 Å². The molecule has 1 aliphatic heterocycles. The largest absolute Gasteiger partial charge is 0.507 e. The van der Waals surface area contributed by atoms with E-state index >= 15 is 0 Å². The van der Waals surface area contributed by atoms with E-state index in [2.05, 4.69) is 0 Å². The van der Waals surface area contributed by atoms with Gasteiger partial charge in [-0.2, -0.15) is 0 Å². The number of aliphatic hydroxyl groups excluding tert-OH is 1. The normalized spacial score (nSPS) is 17.0. The lowest BCUT2D eigenvalue weighted by Crippen LogP contribution is -2.31. The molecule has 8 heteroatoms. The van der Waals surface area contributed by atoms with Gasteiger partial charge in [0.05, 0.1) is 36.4 Å². The second-order valence-electron chi connectivity index (χ2n) is 7.97. The van der Waals surface area contributed by atoms with E-state index in [4.69, 9.17) is 21.1 Å². The second kappa shape index (κ2) is 10.2. The van der Waals surface area contributed by atoms with E-state index in [1.807, 2.05) is 6.07 Å². The van der Waals surface area contributed by atoms with Gasteiger partial charge < -0.3 is 19.5 Å². The molecule has 1 heterocycles. The third-order valence-electron chi connectivity index (χ3n) is 5.94. The lowest BCUT2D eigenvalue weighted by Gasteiger charge is -2.25. The van der Waals surface area contributed by atoms with Crippen LogP contribution in [0.25, 0.3) is 5.76 Å². The zero-order valence-electron chi connectivity index (χ0n) is 19.1. The molecule has 0 spiro atoms. The summed E-state index contributed by atoms with van der Waals surface area (Å²) in [5.74, 6) is -1.74. The van der Waals surface area contributed by atoms with Crippen LogP contribution in [0.4, 0.5) is 4.39 Å². The van der Waals surface area contributed by atoms with Crippen molar-refractivity contribution in [2.45, 2.75) is 12.5 Å². The molecule has 0 saturated carbocycles. The molecule has 1 atom stereocenters. The Labute approximate surface area is 207 Å². The number of hydrogen-bond donors (Lipinski definition) is 1. The molecule has 0 bridgehead atoms. The minimum absolute atomic E-state index is 0.0696. The summed E-state index contributed by atoms with van der Waals surface area (Å²) in [5.41, 5.74) is 1.56. The van der Waals surface area contributed by atoms with Crippen LogP contribution in [-0.4, -0.2) is 42.5 Å². The number of hydrogen-bond acceptors (Lipinski definition) is 5. The highest BCUT2D eigenvalue weighted by atomic mass is 35.5. The Bertz CT molecular complexity index is 1290. The van der Waals surface area contributed by atoms with E-state index in [1.165, 1.54) is 43.4 Å². The summed E-state index contributed by atoms with van der Waals surface area (Å²) in [6.45, 7) is 0.188. The molecule has 1 amide bonds. The second-order valence-corrected chi connectivity index (χ2v) is 8.37. The molecular formula is C27H23ClFNO5. The fraction of sp³-hybridized carbons (Fsp3) is 0.185. The Morgan fingerprint density at radius 3 is 2.29 bits per heavy atom. The number of ether oxygens (including phenoxy) is 2. The summed E-state index contributed by atoms with van der Waals surface area (Å²) in [7, 11) is 2.86. The summed E-state index contributed by atoms with van der Waals surface area (Å²) in [6, 6.07) is 17.0. The minimum atomic E-state index is -0.831. The van der Waals surface area contributed by atoms with Crippen LogP contribution in [-0.2, 0) is 16.0 Å². The third kappa shape index (κ3) is 4.72. The van der Waals surface area contributed by atoms with E-state index < -0.39 is 23.5 Å². The smallest absolute Gasteiger partial charge is 0.295 e. The summed E-state index contributed by atoms with van der Waals surface area (Å²) in [6.07, 6.45) is 0.397. The fourth-order valence-electron chi connectivity index (χ4n) is 4.18. The van der Waals surface area contributed by atoms with Crippen LogP contribution in [0.3, 0.4) is 0 Å². The zero-order valence-corrected chi connectivity index (χ0v) is 19.9. The molecule has 1 aliphatic rings. The maximum atomic E-state index is 13.3. The van der Waals surface area contributed by atoms with Crippen LogP contribution >= 0.6 is 11.6 Å². The highest BCUT2D eigenvalue weighted by Gasteiger charge is 2.46. The highest BCUT2D eigenvalue weighted by Crippen LogP contribution is 2.43. The number of nitrogens with zero attached hydrogens (tertiary/aromatic N) is 1. The van der Waals surface area contributed by atoms with Gasteiger partial charge in [-0.15, -0.1) is 0 Å². The number of amides is 1. The Morgan fingerprint density at radius 2 is 1.66 bits per heavy atom. The summed E-state index contributed by atoms with van der Waals surface area (Å²) in [4.78, 5) is 27.8. The molecule has 1 saturated heterocycles. The molecule has 3 aromatic rings. The van der Waals surface area contributed by atoms with Crippen LogP contribution in [0, 0.1) is 5.82 Å². The van der Waals surface area contributed by atoms with Crippen LogP contribution in [0.15, 0.2) is 72.3 Å². The van der Waals surface area contributed by atoms with Gasteiger partial charge in [0.25, 0.3) is 11.7 Å². The number of Topliss-reactive ketones (excluding diaryl/α,β-unsaturated/α-hetero) is 1. The van der Waals surface area contributed by atoms with Crippen molar-refractivity contribution in [1.82, 2.24) is 4.90 Å². The predicted molar refractivity (Wildman–Crippen MR) is 130 cm³/mol. The number of likely N-dealkylation sites (tertiary alicyclic amines) is 1. The maximum Gasteiger partial charge on any atom is 0.295 e. The van der Waals surface area contributed by atoms with Gasteiger partial charge >= 0.3 is 0 Å². The van der Waals surface area contributed by atoms with Gasteiger partial charge in [0.2, 0.25) is 0 Å². The van der Waals surface area contributed by atoms with Gasteiger partial charge in [0, 0.05) is 12.6 Å². The van der Waals surface area contributed by atoms with Crippen LogP contribution < -0.4 is 9.47 Å². The fourth-order valence-corrected chi connectivity index (χ4v) is 4.42. The minimum Gasteiger partial charge on any atom is -0.507 e. The lowest BCUT2D eigenvalue weighted by molar-refractivity contribution is -0.139. The van der Waals surface area contributed by atoms with E-state index in [0.717, 1.165) is 5.56 Å². The summed E-state index contributed by atoms with van der Waals surface area (Å²) < 4.78 is 23.9. The van der Waals surface area contributed by atoms with Gasteiger partial charge in [0.1, 0.15) is 23.1 Å². The van der Waals surface area contributed by atoms with Crippen LogP contribution in [0.5, 0.6) is 11.5 Å². The van der Waals surface area contributed by atoms with E-state index in [9.17, 15) is 19.1 Å². The molecule has 180 valence electrons. The van der Waals surface area contributed by atoms with E-state index in [-0.39, 0.29) is 34.3 Å². The topological polar surface area (TPSA) is 76.1 Å². The van der Waals surface area contributed by atoms with Gasteiger partial charge in [-0.05, 0) is 35.7 Å².